The molecule has 2 rings (SSSR count). The fraction of sp³-hybridized carbons (Fsp3) is 0.538. The van der Waals surface area contributed by atoms with E-state index in [9.17, 15) is 8.42 Å². The van der Waals surface area contributed by atoms with Crippen LogP contribution in [0.1, 0.15) is 26.7 Å². The highest BCUT2D eigenvalue weighted by Gasteiger charge is 2.38. The van der Waals surface area contributed by atoms with Crippen molar-refractivity contribution >= 4 is 21.6 Å². The second kappa shape index (κ2) is 5.19. The van der Waals surface area contributed by atoms with Crippen LogP contribution in [0.4, 0.5) is 0 Å². The maximum Gasteiger partial charge on any atom is 0.244 e. The molecule has 3 nitrogen and oxygen atoms in total. The molecule has 0 aliphatic heterocycles. The summed E-state index contributed by atoms with van der Waals surface area (Å²) in [5, 5.41) is 0.298. The van der Waals surface area contributed by atoms with Gasteiger partial charge in [-0.15, -0.1) is 0 Å². The molecule has 0 amide bonds. The maximum atomic E-state index is 12.6. The number of benzene rings is 1. The minimum absolute atomic E-state index is 0.161. The summed E-state index contributed by atoms with van der Waals surface area (Å²) in [6, 6.07) is 6.81. The molecular formula is C13H18ClNO2S. The Morgan fingerprint density at radius 2 is 1.94 bits per heavy atom. The second-order valence-corrected chi connectivity index (χ2v) is 7.40. The Bertz CT molecular complexity index is 524. The summed E-state index contributed by atoms with van der Waals surface area (Å²) in [6.07, 6.45) is 1.91. The number of hydrogen-bond acceptors (Lipinski definition) is 2. The molecule has 0 spiro atoms. The third-order valence-corrected chi connectivity index (χ3v) is 5.34. The van der Waals surface area contributed by atoms with Gasteiger partial charge in [-0.1, -0.05) is 37.6 Å². The van der Waals surface area contributed by atoms with Crippen LogP contribution in [-0.2, 0) is 10.0 Å². The lowest BCUT2D eigenvalue weighted by Crippen LogP contribution is -2.36. The molecule has 0 radical (unpaired) electrons. The molecule has 0 unspecified atom stereocenters. The Labute approximate surface area is 114 Å². The molecular weight excluding hydrogens is 270 g/mol. The summed E-state index contributed by atoms with van der Waals surface area (Å²) in [5.41, 5.74) is 0. The van der Waals surface area contributed by atoms with Crippen LogP contribution in [0.2, 0.25) is 5.02 Å². The predicted molar refractivity (Wildman–Crippen MR) is 73.2 cm³/mol. The topological polar surface area (TPSA) is 37.4 Å². The average molecular weight is 288 g/mol. The van der Waals surface area contributed by atoms with Gasteiger partial charge in [-0.05, 0) is 30.9 Å². The fourth-order valence-electron chi connectivity index (χ4n) is 1.95. The van der Waals surface area contributed by atoms with E-state index in [4.69, 9.17) is 11.6 Å². The van der Waals surface area contributed by atoms with Crippen molar-refractivity contribution in [3.8, 4) is 0 Å². The molecule has 1 aliphatic carbocycles. The normalized spacial score (nSPS) is 16.5. The maximum absolute atomic E-state index is 12.6. The third kappa shape index (κ3) is 2.87. The molecule has 0 heterocycles. The van der Waals surface area contributed by atoms with Crippen molar-refractivity contribution in [3.63, 3.8) is 0 Å². The van der Waals surface area contributed by atoms with E-state index < -0.39 is 10.0 Å². The number of halogens is 1. The quantitative estimate of drug-likeness (QED) is 0.834. The fourth-order valence-corrected chi connectivity index (χ4v) is 4.29. The lowest BCUT2D eigenvalue weighted by Gasteiger charge is -2.24. The van der Waals surface area contributed by atoms with Crippen LogP contribution < -0.4 is 0 Å². The van der Waals surface area contributed by atoms with E-state index in [0.29, 0.717) is 17.5 Å². The van der Waals surface area contributed by atoms with Gasteiger partial charge in [0.05, 0.1) is 5.02 Å². The number of rotatable bonds is 5. The van der Waals surface area contributed by atoms with E-state index in [1.807, 2.05) is 13.8 Å². The van der Waals surface area contributed by atoms with Gasteiger partial charge < -0.3 is 0 Å². The predicted octanol–water partition coefficient (Wildman–Crippen LogP) is 3.15. The first kappa shape index (κ1) is 13.8. The first-order valence-electron chi connectivity index (χ1n) is 6.19. The molecule has 100 valence electrons. The highest BCUT2D eigenvalue weighted by molar-refractivity contribution is 7.89. The summed E-state index contributed by atoms with van der Waals surface area (Å²) in [6.45, 7) is 4.60. The van der Waals surface area contributed by atoms with E-state index in [-0.39, 0.29) is 10.9 Å². The highest BCUT2D eigenvalue weighted by atomic mass is 35.5. The Morgan fingerprint density at radius 1 is 1.33 bits per heavy atom. The Morgan fingerprint density at radius 3 is 2.44 bits per heavy atom. The minimum Gasteiger partial charge on any atom is -0.207 e. The van der Waals surface area contributed by atoms with Gasteiger partial charge in [0.25, 0.3) is 0 Å². The Kier molecular flexibility index (Phi) is 3.99. The van der Waals surface area contributed by atoms with Crippen molar-refractivity contribution in [1.82, 2.24) is 4.31 Å². The van der Waals surface area contributed by atoms with Crippen LogP contribution in [0.25, 0.3) is 0 Å². The van der Waals surface area contributed by atoms with Gasteiger partial charge in [0, 0.05) is 12.6 Å². The first-order chi connectivity index (χ1) is 8.43. The van der Waals surface area contributed by atoms with Crippen molar-refractivity contribution in [3.05, 3.63) is 29.3 Å². The zero-order chi connectivity index (χ0) is 13.3. The number of nitrogens with zero attached hydrogens (tertiary/aromatic N) is 1. The summed E-state index contributed by atoms with van der Waals surface area (Å²) in [5.74, 6) is 0.308. The van der Waals surface area contributed by atoms with Gasteiger partial charge in [-0.3, -0.25) is 0 Å². The van der Waals surface area contributed by atoms with Gasteiger partial charge in [-0.25, -0.2) is 8.42 Å². The molecule has 0 saturated heterocycles. The van der Waals surface area contributed by atoms with Gasteiger partial charge >= 0.3 is 0 Å². The minimum atomic E-state index is -3.46. The van der Waals surface area contributed by atoms with Crippen LogP contribution >= 0.6 is 11.6 Å². The Hall–Kier alpha value is -0.580. The molecule has 1 fully saturated rings. The van der Waals surface area contributed by atoms with Gasteiger partial charge in [0.15, 0.2) is 0 Å². The standard InChI is InChI=1S/C13H18ClNO2S/c1-10(2)9-15(11-7-8-11)18(16,17)13-6-4-3-5-12(13)14/h3-6,10-11H,7-9H2,1-2H3. The molecule has 5 heteroatoms. The monoisotopic (exact) mass is 287 g/mol. The number of hydrogen-bond donors (Lipinski definition) is 0. The lowest BCUT2D eigenvalue weighted by atomic mass is 10.2. The molecule has 0 atom stereocenters. The third-order valence-electron chi connectivity index (χ3n) is 2.92. The van der Waals surface area contributed by atoms with Crippen LogP contribution in [0.15, 0.2) is 29.2 Å². The van der Waals surface area contributed by atoms with Crippen molar-refractivity contribution in [1.29, 1.82) is 0 Å². The van der Waals surface area contributed by atoms with Gasteiger partial charge in [0.1, 0.15) is 4.90 Å². The van der Waals surface area contributed by atoms with Crippen molar-refractivity contribution in [2.24, 2.45) is 5.92 Å². The summed E-state index contributed by atoms with van der Waals surface area (Å²) in [4.78, 5) is 0.221. The zero-order valence-corrected chi connectivity index (χ0v) is 12.2. The Balaban J connectivity index is 2.36. The highest BCUT2D eigenvalue weighted by Crippen LogP contribution is 2.34. The number of sulfonamides is 1. The van der Waals surface area contributed by atoms with E-state index >= 15 is 0 Å². The molecule has 1 saturated carbocycles. The van der Waals surface area contributed by atoms with Crippen molar-refractivity contribution in [2.45, 2.75) is 37.6 Å². The molecule has 0 bridgehead atoms. The molecule has 0 aromatic heterocycles. The van der Waals surface area contributed by atoms with E-state index in [0.717, 1.165) is 12.8 Å². The molecule has 1 aliphatic rings. The summed E-state index contributed by atoms with van der Waals surface area (Å²) in [7, 11) is -3.46. The summed E-state index contributed by atoms with van der Waals surface area (Å²) < 4.78 is 26.8. The van der Waals surface area contributed by atoms with E-state index in [2.05, 4.69) is 0 Å². The SMILES string of the molecule is CC(C)CN(C1CC1)S(=O)(=O)c1ccccc1Cl. The van der Waals surface area contributed by atoms with E-state index in [1.165, 1.54) is 0 Å². The second-order valence-electron chi connectivity index (χ2n) is 5.13. The van der Waals surface area contributed by atoms with Crippen LogP contribution in [0.5, 0.6) is 0 Å². The summed E-state index contributed by atoms with van der Waals surface area (Å²) >= 11 is 6.01. The van der Waals surface area contributed by atoms with Crippen molar-refractivity contribution in [2.75, 3.05) is 6.54 Å². The average Bonchev–Trinajstić information content (AvgIpc) is 3.09. The van der Waals surface area contributed by atoms with Crippen LogP contribution in [0, 0.1) is 5.92 Å². The molecule has 18 heavy (non-hydrogen) atoms. The van der Waals surface area contributed by atoms with Crippen LogP contribution in [-0.4, -0.2) is 25.3 Å². The molecule has 0 N–H and O–H groups in total. The first-order valence-corrected chi connectivity index (χ1v) is 8.01. The largest absolute Gasteiger partial charge is 0.244 e. The molecule has 1 aromatic carbocycles. The zero-order valence-electron chi connectivity index (χ0n) is 10.6. The van der Waals surface area contributed by atoms with Crippen molar-refractivity contribution < 1.29 is 8.42 Å². The van der Waals surface area contributed by atoms with Crippen LogP contribution in [0.3, 0.4) is 0 Å². The smallest absolute Gasteiger partial charge is 0.207 e. The van der Waals surface area contributed by atoms with E-state index in [1.54, 1.807) is 28.6 Å². The molecule has 1 aromatic rings. The lowest BCUT2D eigenvalue weighted by molar-refractivity contribution is 0.360. The van der Waals surface area contributed by atoms with Gasteiger partial charge in [0.2, 0.25) is 10.0 Å². The van der Waals surface area contributed by atoms with Gasteiger partial charge in [-0.2, -0.15) is 4.31 Å².